The highest BCUT2D eigenvalue weighted by Crippen LogP contribution is 2.34. The lowest BCUT2D eigenvalue weighted by atomic mass is 9.96. The molecule has 0 bridgehead atoms. The standard InChI is InChI=1S/C13H13N5O2/c1-8-10(12(19)20-2)11(9-6-4-3-5-7-9)18-13(14-8)15-16-17-18/h3-7,11H,1-2H3,(H,14,15,17)/t11-/m0/s1. The Morgan fingerprint density at radius 3 is 2.80 bits per heavy atom. The van der Waals surface area contributed by atoms with Crippen molar-refractivity contribution in [2.24, 2.45) is 0 Å². The van der Waals surface area contributed by atoms with Gasteiger partial charge in [0.2, 0.25) is 5.95 Å². The van der Waals surface area contributed by atoms with Crippen molar-refractivity contribution in [1.82, 2.24) is 20.2 Å². The molecule has 7 heteroatoms. The average Bonchev–Trinajstić information content (AvgIpc) is 2.93. The lowest BCUT2D eigenvalue weighted by molar-refractivity contribution is -0.136. The van der Waals surface area contributed by atoms with Crippen LogP contribution in [0.1, 0.15) is 18.5 Å². The van der Waals surface area contributed by atoms with Crippen LogP contribution in [0.25, 0.3) is 0 Å². The van der Waals surface area contributed by atoms with Gasteiger partial charge in [-0.2, -0.15) is 4.68 Å². The third-order valence-electron chi connectivity index (χ3n) is 3.23. The van der Waals surface area contributed by atoms with E-state index in [1.807, 2.05) is 30.3 Å². The number of tetrazole rings is 1. The Morgan fingerprint density at radius 1 is 1.35 bits per heavy atom. The number of fused-ring (bicyclic) bond motifs is 1. The van der Waals surface area contributed by atoms with Crippen LogP contribution in [0.4, 0.5) is 5.95 Å². The van der Waals surface area contributed by atoms with Crippen LogP contribution in [-0.2, 0) is 9.53 Å². The summed E-state index contributed by atoms with van der Waals surface area (Å²) < 4.78 is 6.46. The fourth-order valence-electron chi connectivity index (χ4n) is 2.33. The van der Waals surface area contributed by atoms with Gasteiger partial charge in [-0.25, -0.2) is 4.79 Å². The first-order valence-corrected chi connectivity index (χ1v) is 6.11. The summed E-state index contributed by atoms with van der Waals surface area (Å²) in [7, 11) is 1.36. The van der Waals surface area contributed by atoms with Gasteiger partial charge in [0.15, 0.2) is 0 Å². The van der Waals surface area contributed by atoms with Gasteiger partial charge in [-0.3, -0.25) is 0 Å². The highest BCUT2D eigenvalue weighted by Gasteiger charge is 2.34. The number of benzene rings is 1. The molecule has 1 N–H and O–H groups in total. The summed E-state index contributed by atoms with van der Waals surface area (Å²) in [6.07, 6.45) is 0. The van der Waals surface area contributed by atoms with Gasteiger partial charge in [-0.1, -0.05) is 35.4 Å². The van der Waals surface area contributed by atoms with Crippen molar-refractivity contribution < 1.29 is 9.53 Å². The average molecular weight is 271 g/mol. The first kappa shape index (κ1) is 12.3. The maximum atomic E-state index is 12.1. The highest BCUT2D eigenvalue weighted by atomic mass is 16.5. The third-order valence-corrected chi connectivity index (χ3v) is 3.23. The minimum absolute atomic E-state index is 0.394. The second kappa shape index (κ2) is 4.76. The van der Waals surface area contributed by atoms with E-state index in [0.29, 0.717) is 17.2 Å². The largest absolute Gasteiger partial charge is 0.466 e. The van der Waals surface area contributed by atoms with Crippen LogP contribution in [0.15, 0.2) is 41.6 Å². The molecule has 1 aliphatic heterocycles. The van der Waals surface area contributed by atoms with Crippen LogP contribution in [0.5, 0.6) is 0 Å². The molecular weight excluding hydrogens is 258 g/mol. The number of allylic oxidation sites excluding steroid dienone is 1. The van der Waals surface area contributed by atoms with E-state index in [9.17, 15) is 4.79 Å². The van der Waals surface area contributed by atoms with E-state index in [2.05, 4.69) is 20.8 Å². The van der Waals surface area contributed by atoms with Gasteiger partial charge in [-0.05, 0) is 22.9 Å². The van der Waals surface area contributed by atoms with E-state index in [-0.39, 0.29) is 0 Å². The highest BCUT2D eigenvalue weighted by molar-refractivity contribution is 5.92. The topological polar surface area (TPSA) is 81.9 Å². The molecule has 1 atom stereocenters. The Bertz CT molecular complexity index is 677. The summed E-state index contributed by atoms with van der Waals surface area (Å²) in [5.74, 6) is 0.106. The monoisotopic (exact) mass is 271 g/mol. The van der Waals surface area contributed by atoms with Crippen molar-refractivity contribution in [3.8, 4) is 0 Å². The molecule has 2 heterocycles. The third kappa shape index (κ3) is 1.83. The van der Waals surface area contributed by atoms with Gasteiger partial charge in [0, 0.05) is 5.70 Å². The van der Waals surface area contributed by atoms with Crippen molar-refractivity contribution in [2.45, 2.75) is 13.0 Å². The van der Waals surface area contributed by atoms with E-state index in [1.54, 1.807) is 11.6 Å². The molecule has 0 fully saturated rings. The number of carbonyl (C=O) groups is 1. The van der Waals surface area contributed by atoms with Gasteiger partial charge in [-0.15, -0.1) is 0 Å². The summed E-state index contributed by atoms with van der Waals surface area (Å²) in [5.41, 5.74) is 2.11. The van der Waals surface area contributed by atoms with Crippen molar-refractivity contribution in [1.29, 1.82) is 0 Å². The lowest BCUT2D eigenvalue weighted by Gasteiger charge is -2.26. The molecule has 1 aromatic carbocycles. The molecule has 102 valence electrons. The van der Waals surface area contributed by atoms with Crippen LogP contribution >= 0.6 is 0 Å². The summed E-state index contributed by atoms with van der Waals surface area (Å²) >= 11 is 0. The van der Waals surface area contributed by atoms with Gasteiger partial charge in [0.25, 0.3) is 0 Å². The Kier molecular flexibility index (Phi) is 2.94. The Morgan fingerprint density at radius 2 is 2.10 bits per heavy atom. The molecule has 7 nitrogen and oxygen atoms in total. The minimum Gasteiger partial charge on any atom is -0.466 e. The molecular formula is C13H13N5O2. The summed E-state index contributed by atoms with van der Waals surface area (Å²) in [4.78, 5) is 12.1. The molecule has 0 unspecified atom stereocenters. The zero-order valence-corrected chi connectivity index (χ0v) is 11.1. The van der Waals surface area contributed by atoms with Crippen molar-refractivity contribution in [2.75, 3.05) is 12.4 Å². The fourth-order valence-corrected chi connectivity index (χ4v) is 2.33. The normalized spacial score (nSPS) is 17.4. The molecule has 0 amide bonds. The smallest absolute Gasteiger partial charge is 0.338 e. The number of nitrogens with one attached hydrogen (secondary N) is 1. The number of hydrogen-bond donors (Lipinski definition) is 1. The zero-order valence-electron chi connectivity index (χ0n) is 11.1. The van der Waals surface area contributed by atoms with Gasteiger partial charge in [0.1, 0.15) is 6.04 Å². The Labute approximate surface area is 115 Å². The first-order valence-electron chi connectivity index (χ1n) is 6.11. The molecule has 2 aromatic rings. The van der Waals surface area contributed by atoms with Crippen LogP contribution < -0.4 is 5.32 Å². The number of nitrogens with zero attached hydrogens (tertiary/aromatic N) is 4. The number of anilines is 1. The molecule has 20 heavy (non-hydrogen) atoms. The fraction of sp³-hybridized carbons (Fsp3) is 0.231. The van der Waals surface area contributed by atoms with Crippen molar-refractivity contribution >= 4 is 11.9 Å². The molecule has 0 saturated carbocycles. The SMILES string of the molecule is COC(=O)C1=C(C)Nc2nnnn2[C@H]1c1ccccc1. The molecule has 0 radical (unpaired) electrons. The maximum absolute atomic E-state index is 12.1. The summed E-state index contributed by atoms with van der Waals surface area (Å²) in [5, 5.41) is 14.5. The second-order valence-electron chi connectivity index (χ2n) is 4.42. The molecule has 0 aliphatic carbocycles. The van der Waals surface area contributed by atoms with Crippen molar-refractivity contribution in [3.63, 3.8) is 0 Å². The Hall–Kier alpha value is -2.70. The summed E-state index contributed by atoms with van der Waals surface area (Å²) in [6.45, 7) is 1.81. The predicted molar refractivity (Wildman–Crippen MR) is 70.7 cm³/mol. The van der Waals surface area contributed by atoms with E-state index < -0.39 is 12.0 Å². The van der Waals surface area contributed by atoms with Crippen LogP contribution in [0.3, 0.4) is 0 Å². The summed E-state index contributed by atoms with van der Waals surface area (Å²) in [6, 6.07) is 9.20. The zero-order chi connectivity index (χ0) is 14.1. The predicted octanol–water partition coefficient (Wildman–Crippen LogP) is 1.13. The molecule has 1 aromatic heterocycles. The number of esters is 1. The van der Waals surface area contributed by atoms with Gasteiger partial charge < -0.3 is 10.1 Å². The van der Waals surface area contributed by atoms with E-state index in [1.165, 1.54) is 7.11 Å². The first-order chi connectivity index (χ1) is 9.72. The number of methoxy groups -OCH3 is 1. The van der Waals surface area contributed by atoms with Gasteiger partial charge in [0.05, 0.1) is 12.7 Å². The molecule has 0 saturated heterocycles. The number of carbonyl (C=O) groups excluding carboxylic acids is 1. The van der Waals surface area contributed by atoms with E-state index in [0.717, 1.165) is 5.56 Å². The van der Waals surface area contributed by atoms with Gasteiger partial charge >= 0.3 is 5.97 Å². The lowest BCUT2D eigenvalue weighted by Crippen LogP contribution is -2.29. The number of rotatable bonds is 2. The maximum Gasteiger partial charge on any atom is 0.338 e. The van der Waals surface area contributed by atoms with E-state index >= 15 is 0 Å². The van der Waals surface area contributed by atoms with Crippen molar-refractivity contribution in [3.05, 3.63) is 47.2 Å². The van der Waals surface area contributed by atoms with Crippen LogP contribution in [0.2, 0.25) is 0 Å². The van der Waals surface area contributed by atoms with Crippen LogP contribution in [0, 0.1) is 0 Å². The quantitative estimate of drug-likeness (QED) is 0.825. The molecule has 3 rings (SSSR count). The van der Waals surface area contributed by atoms with E-state index in [4.69, 9.17) is 4.74 Å². The molecule has 0 spiro atoms. The number of hydrogen-bond acceptors (Lipinski definition) is 6. The van der Waals surface area contributed by atoms with Crippen LogP contribution in [-0.4, -0.2) is 33.3 Å². The Balaban J connectivity index is 2.19. The molecule has 1 aliphatic rings. The number of ether oxygens (including phenoxy) is 1. The minimum atomic E-state index is -0.398. The number of aromatic nitrogens is 4. The second-order valence-corrected chi connectivity index (χ2v) is 4.42.